The highest BCUT2D eigenvalue weighted by atomic mass is 15.5. The van der Waals surface area contributed by atoms with Crippen LogP contribution in [0.2, 0.25) is 0 Å². The molecule has 1 fully saturated rings. The summed E-state index contributed by atoms with van der Waals surface area (Å²) in [5, 5.41) is 12.4. The minimum absolute atomic E-state index is 0.358. The molecule has 0 saturated heterocycles. The molecule has 1 aliphatic rings. The van der Waals surface area contributed by atoms with Gasteiger partial charge in [-0.3, -0.25) is 0 Å². The molecule has 0 aliphatic heterocycles. The van der Waals surface area contributed by atoms with Gasteiger partial charge in [0.1, 0.15) is 0 Å². The predicted molar refractivity (Wildman–Crippen MR) is 83.7 cm³/mol. The molecule has 1 aromatic carbocycles. The van der Waals surface area contributed by atoms with Crippen LogP contribution in [-0.2, 0) is 0 Å². The molecule has 21 heavy (non-hydrogen) atoms. The maximum Gasteiger partial charge on any atom is 0.182 e. The van der Waals surface area contributed by atoms with Gasteiger partial charge < -0.3 is 5.73 Å². The lowest BCUT2D eigenvalue weighted by molar-refractivity contribution is 0.174. The van der Waals surface area contributed by atoms with Gasteiger partial charge in [0.2, 0.25) is 0 Å². The molecule has 1 aliphatic carbocycles. The number of rotatable bonds is 2. The molecule has 1 unspecified atom stereocenters. The third-order valence-corrected chi connectivity index (χ3v) is 4.52. The first kappa shape index (κ1) is 14.0. The summed E-state index contributed by atoms with van der Waals surface area (Å²) < 4.78 is 2.00. The van der Waals surface area contributed by atoms with E-state index in [1.54, 1.807) is 0 Å². The van der Waals surface area contributed by atoms with Gasteiger partial charge in [0.25, 0.3) is 0 Å². The molecule has 2 N–H and O–H groups in total. The zero-order chi connectivity index (χ0) is 15.0. The molecule has 1 aromatic heterocycles. The van der Waals surface area contributed by atoms with Crippen molar-refractivity contribution in [2.24, 2.45) is 5.41 Å². The Labute approximate surface area is 125 Å². The summed E-state index contributed by atoms with van der Waals surface area (Å²) in [6.07, 6.45) is 4.76. The Balaban J connectivity index is 1.99. The number of nitrogens with zero attached hydrogens (tertiary/aromatic N) is 4. The van der Waals surface area contributed by atoms with E-state index < -0.39 is 0 Å². The number of tetrazole rings is 1. The zero-order valence-corrected chi connectivity index (χ0v) is 13.0. The minimum atomic E-state index is 0.358. The lowest BCUT2D eigenvalue weighted by atomic mass is 9.75. The van der Waals surface area contributed by atoms with Crippen LogP contribution in [0.15, 0.2) is 18.2 Å². The quantitative estimate of drug-likeness (QED) is 0.859. The largest absolute Gasteiger partial charge is 0.399 e. The van der Waals surface area contributed by atoms with Crippen molar-refractivity contribution in [3.05, 3.63) is 23.8 Å². The summed E-state index contributed by atoms with van der Waals surface area (Å²) in [5.74, 6) is 0.836. The molecule has 1 atom stereocenters. The first-order valence-corrected chi connectivity index (χ1v) is 7.61. The molecule has 0 amide bonds. The minimum Gasteiger partial charge on any atom is -0.399 e. The maximum atomic E-state index is 5.93. The summed E-state index contributed by atoms with van der Waals surface area (Å²) in [5.41, 5.74) is 9.21. The van der Waals surface area contributed by atoms with E-state index in [2.05, 4.69) is 36.3 Å². The molecule has 0 bridgehead atoms. The number of aryl methyl sites for hydroxylation is 1. The van der Waals surface area contributed by atoms with Gasteiger partial charge in [-0.1, -0.05) is 26.3 Å². The number of anilines is 1. The smallest absolute Gasteiger partial charge is 0.182 e. The van der Waals surface area contributed by atoms with Crippen LogP contribution in [-0.4, -0.2) is 20.2 Å². The Morgan fingerprint density at radius 2 is 2.14 bits per heavy atom. The summed E-state index contributed by atoms with van der Waals surface area (Å²) in [6.45, 7) is 6.72. The van der Waals surface area contributed by atoms with Gasteiger partial charge in [-0.15, -0.1) is 5.10 Å². The number of benzene rings is 1. The first-order chi connectivity index (χ1) is 9.96. The van der Waals surface area contributed by atoms with E-state index in [-0.39, 0.29) is 0 Å². The lowest BCUT2D eigenvalue weighted by Crippen LogP contribution is -2.26. The molecule has 112 valence electrons. The zero-order valence-electron chi connectivity index (χ0n) is 13.0. The number of nitrogens with two attached hydrogens (primary N) is 1. The fourth-order valence-electron chi connectivity index (χ4n) is 3.36. The van der Waals surface area contributed by atoms with Crippen molar-refractivity contribution in [2.75, 3.05) is 5.73 Å². The maximum absolute atomic E-state index is 5.93. The van der Waals surface area contributed by atoms with Crippen molar-refractivity contribution in [1.29, 1.82) is 0 Å². The van der Waals surface area contributed by atoms with Crippen molar-refractivity contribution in [3.8, 4) is 11.4 Å². The summed E-state index contributed by atoms with van der Waals surface area (Å²) in [4.78, 5) is 0. The molecule has 2 aromatic rings. The fourth-order valence-corrected chi connectivity index (χ4v) is 3.36. The fraction of sp³-hybridized carbons (Fsp3) is 0.562. The van der Waals surface area contributed by atoms with Crippen molar-refractivity contribution < 1.29 is 0 Å². The Bertz CT molecular complexity index is 644. The van der Waals surface area contributed by atoms with Crippen molar-refractivity contribution in [2.45, 2.75) is 52.5 Å². The van der Waals surface area contributed by atoms with Crippen LogP contribution in [0.4, 0.5) is 5.69 Å². The van der Waals surface area contributed by atoms with Gasteiger partial charge in [-0.2, -0.15) is 0 Å². The van der Waals surface area contributed by atoms with E-state index in [0.717, 1.165) is 35.5 Å². The van der Waals surface area contributed by atoms with Gasteiger partial charge in [0, 0.05) is 11.3 Å². The van der Waals surface area contributed by atoms with Crippen LogP contribution >= 0.6 is 0 Å². The monoisotopic (exact) mass is 285 g/mol. The number of hydrogen-bond donors (Lipinski definition) is 1. The topological polar surface area (TPSA) is 69.6 Å². The highest BCUT2D eigenvalue weighted by Gasteiger charge is 2.31. The number of aromatic nitrogens is 4. The molecule has 0 spiro atoms. The first-order valence-electron chi connectivity index (χ1n) is 7.61. The lowest BCUT2D eigenvalue weighted by Gasteiger charge is -2.35. The van der Waals surface area contributed by atoms with Crippen LogP contribution < -0.4 is 5.73 Å². The second kappa shape index (κ2) is 5.13. The average molecular weight is 285 g/mol. The van der Waals surface area contributed by atoms with E-state index >= 15 is 0 Å². The predicted octanol–water partition coefficient (Wildman–Crippen LogP) is 3.37. The Morgan fingerprint density at radius 1 is 1.33 bits per heavy atom. The Kier molecular flexibility index (Phi) is 3.43. The van der Waals surface area contributed by atoms with Gasteiger partial charge in [-0.25, -0.2) is 4.68 Å². The van der Waals surface area contributed by atoms with Gasteiger partial charge >= 0.3 is 0 Å². The van der Waals surface area contributed by atoms with E-state index in [4.69, 9.17) is 5.73 Å². The van der Waals surface area contributed by atoms with E-state index in [1.807, 2.05) is 22.9 Å². The third-order valence-electron chi connectivity index (χ3n) is 4.52. The summed E-state index contributed by atoms with van der Waals surface area (Å²) >= 11 is 0. The second-order valence-corrected chi connectivity index (χ2v) is 6.94. The number of hydrogen-bond acceptors (Lipinski definition) is 4. The molecule has 0 radical (unpaired) electrons. The molecule has 5 heteroatoms. The number of nitrogen functional groups attached to an aromatic ring is 1. The van der Waals surface area contributed by atoms with E-state index in [9.17, 15) is 0 Å². The molecular formula is C16H23N5. The average Bonchev–Trinajstić information content (AvgIpc) is 2.89. The second-order valence-electron chi connectivity index (χ2n) is 6.94. The molecular weight excluding hydrogens is 262 g/mol. The van der Waals surface area contributed by atoms with Gasteiger partial charge in [-0.05, 0) is 59.7 Å². The summed E-state index contributed by atoms with van der Waals surface area (Å²) in [6, 6.07) is 6.27. The standard InChI is InChI=1S/C16H23N5/c1-11-6-7-12(17)9-14(11)15-18-19-20-21(15)13-5-4-8-16(2,3)10-13/h6-7,9,13H,4-5,8,10,17H2,1-3H3. The molecule has 1 heterocycles. The van der Waals surface area contributed by atoms with Crippen LogP contribution in [0.1, 0.15) is 51.1 Å². The highest BCUT2D eigenvalue weighted by Crippen LogP contribution is 2.41. The Morgan fingerprint density at radius 3 is 2.90 bits per heavy atom. The Hall–Kier alpha value is -1.91. The van der Waals surface area contributed by atoms with Crippen molar-refractivity contribution >= 4 is 5.69 Å². The van der Waals surface area contributed by atoms with Crippen LogP contribution in [0.3, 0.4) is 0 Å². The molecule has 3 rings (SSSR count). The third kappa shape index (κ3) is 2.77. The van der Waals surface area contributed by atoms with Gasteiger partial charge in [0.15, 0.2) is 5.82 Å². The van der Waals surface area contributed by atoms with E-state index in [1.165, 1.54) is 12.8 Å². The summed E-state index contributed by atoms with van der Waals surface area (Å²) in [7, 11) is 0. The molecule has 1 saturated carbocycles. The molecule has 5 nitrogen and oxygen atoms in total. The van der Waals surface area contributed by atoms with Crippen molar-refractivity contribution in [1.82, 2.24) is 20.2 Å². The SMILES string of the molecule is Cc1ccc(N)cc1-c1nnnn1C1CCCC(C)(C)C1. The van der Waals surface area contributed by atoms with Crippen LogP contribution in [0, 0.1) is 12.3 Å². The van der Waals surface area contributed by atoms with Crippen molar-refractivity contribution in [3.63, 3.8) is 0 Å². The highest BCUT2D eigenvalue weighted by molar-refractivity contribution is 5.65. The van der Waals surface area contributed by atoms with Gasteiger partial charge in [0.05, 0.1) is 6.04 Å². The van der Waals surface area contributed by atoms with Crippen LogP contribution in [0.5, 0.6) is 0 Å². The normalized spacial score (nSPS) is 21.4. The van der Waals surface area contributed by atoms with E-state index in [0.29, 0.717) is 11.5 Å². The van der Waals surface area contributed by atoms with Crippen LogP contribution in [0.25, 0.3) is 11.4 Å².